The number of hydrogen-bond acceptors (Lipinski definition) is 5. The van der Waals surface area contributed by atoms with Crippen LogP contribution in [0.5, 0.6) is 11.5 Å². The molecule has 1 aromatic carbocycles. The largest absolute Gasteiger partial charge is 0.496 e. The quantitative estimate of drug-likeness (QED) is 0.521. The van der Waals surface area contributed by atoms with E-state index in [-0.39, 0.29) is 47.0 Å². The second-order valence-electron chi connectivity index (χ2n) is 8.69. The van der Waals surface area contributed by atoms with Crippen molar-refractivity contribution in [2.45, 2.75) is 57.6 Å². The van der Waals surface area contributed by atoms with E-state index in [9.17, 15) is 14.0 Å². The molecule has 4 rings (SSSR count). The minimum absolute atomic E-state index is 0.0402. The molecule has 3 aliphatic rings. The molecule has 0 aromatic heterocycles. The zero-order valence-electron chi connectivity index (χ0n) is 18.1. The summed E-state index contributed by atoms with van der Waals surface area (Å²) in [7, 11) is 1.42. The molecule has 1 amide bonds. The zero-order valence-corrected chi connectivity index (χ0v) is 18.1. The maximum Gasteiger partial charge on any atom is 0.308 e. The van der Waals surface area contributed by atoms with E-state index in [4.69, 9.17) is 14.2 Å². The van der Waals surface area contributed by atoms with Crippen molar-refractivity contribution in [3.05, 3.63) is 35.7 Å². The molecule has 1 N–H and O–H groups in total. The van der Waals surface area contributed by atoms with Crippen LogP contribution >= 0.6 is 0 Å². The van der Waals surface area contributed by atoms with Crippen molar-refractivity contribution in [1.82, 2.24) is 5.32 Å². The normalized spacial score (nSPS) is 28.9. The van der Waals surface area contributed by atoms with Crippen LogP contribution in [0, 0.1) is 23.6 Å². The minimum atomic E-state index is -0.566. The molecule has 2 fully saturated rings. The van der Waals surface area contributed by atoms with Crippen LogP contribution in [0.1, 0.15) is 55.8 Å². The molecule has 1 aromatic rings. The number of ether oxygens (including phenoxy) is 3. The van der Waals surface area contributed by atoms with Gasteiger partial charge in [-0.2, -0.15) is 0 Å². The molecule has 31 heavy (non-hydrogen) atoms. The van der Waals surface area contributed by atoms with E-state index in [1.54, 1.807) is 6.92 Å². The van der Waals surface area contributed by atoms with Gasteiger partial charge in [0.2, 0.25) is 0 Å². The Morgan fingerprint density at radius 3 is 2.48 bits per heavy atom. The fourth-order valence-electron chi connectivity index (χ4n) is 5.02. The van der Waals surface area contributed by atoms with Crippen LogP contribution in [-0.4, -0.2) is 37.7 Å². The summed E-state index contributed by atoms with van der Waals surface area (Å²) >= 11 is 0. The van der Waals surface area contributed by atoms with Crippen molar-refractivity contribution in [1.29, 1.82) is 0 Å². The van der Waals surface area contributed by atoms with E-state index in [2.05, 4.69) is 17.5 Å². The highest BCUT2D eigenvalue weighted by molar-refractivity contribution is 5.97. The summed E-state index contributed by atoms with van der Waals surface area (Å²) in [5.74, 6) is -0.0173. The standard InChI is InChI=1S/C24H30FNO5/c1-3-30-24(28)15-6-8-17(9-7-15)31-22-12-18(21(29-2)13-19(22)25)23(27)26-20-11-14-4-5-16(20)10-14/h4-5,12-17,20H,3,6-11H2,1-2H3,(H,26,27)/t14-,15-,16-,17+,20-/m0/s1. The van der Waals surface area contributed by atoms with E-state index in [0.29, 0.717) is 44.1 Å². The van der Waals surface area contributed by atoms with E-state index >= 15 is 0 Å². The number of benzene rings is 1. The number of carbonyl (C=O) groups excluding carboxylic acids is 2. The predicted octanol–water partition coefficient (Wildman–Crippen LogP) is 4.03. The third-order valence-electron chi connectivity index (χ3n) is 6.68. The number of esters is 1. The van der Waals surface area contributed by atoms with Crippen LogP contribution in [0.15, 0.2) is 24.3 Å². The summed E-state index contributed by atoms with van der Waals surface area (Å²) in [6, 6.07) is 2.74. The third-order valence-corrected chi connectivity index (χ3v) is 6.68. The van der Waals surface area contributed by atoms with Gasteiger partial charge in [0, 0.05) is 12.1 Å². The van der Waals surface area contributed by atoms with Gasteiger partial charge in [0.15, 0.2) is 11.6 Å². The van der Waals surface area contributed by atoms with Gasteiger partial charge in [-0.1, -0.05) is 12.2 Å². The fourth-order valence-corrected chi connectivity index (χ4v) is 5.02. The van der Waals surface area contributed by atoms with Gasteiger partial charge in [-0.05, 0) is 63.4 Å². The first-order chi connectivity index (χ1) is 15.0. The molecule has 0 unspecified atom stereocenters. The molecule has 0 spiro atoms. The lowest BCUT2D eigenvalue weighted by Crippen LogP contribution is -2.37. The van der Waals surface area contributed by atoms with Crippen LogP contribution in [0.2, 0.25) is 0 Å². The van der Waals surface area contributed by atoms with E-state index in [1.165, 1.54) is 19.2 Å². The average molecular weight is 432 g/mol. The summed E-state index contributed by atoms with van der Waals surface area (Å²) in [5.41, 5.74) is 0.269. The van der Waals surface area contributed by atoms with E-state index in [0.717, 1.165) is 12.8 Å². The molecule has 3 atom stereocenters. The Morgan fingerprint density at radius 1 is 1.10 bits per heavy atom. The van der Waals surface area contributed by atoms with Crippen molar-refractivity contribution in [3.63, 3.8) is 0 Å². The van der Waals surface area contributed by atoms with Gasteiger partial charge in [-0.3, -0.25) is 9.59 Å². The third kappa shape index (κ3) is 4.70. The first-order valence-electron chi connectivity index (χ1n) is 11.2. The summed E-state index contributed by atoms with van der Waals surface area (Å²) in [5, 5.41) is 3.08. The average Bonchev–Trinajstić information content (AvgIpc) is 3.38. The highest BCUT2D eigenvalue weighted by atomic mass is 19.1. The Bertz CT molecular complexity index is 862. The molecular formula is C24H30FNO5. The molecular weight excluding hydrogens is 401 g/mol. The summed E-state index contributed by atoms with van der Waals surface area (Å²) < 4.78 is 30.9. The first kappa shape index (κ1) is 21.7. The van der Waals surface area contributed by atoms with E-state index in [1.807, 2.05) is 0 Å². The highest BCUT2D eigenvalue weighted by Gasteiger charge is 2.37. The van der Waals surface area contributed by atoms with E-state index < -0.39 is 5.82 Å². The number of nitrogens with one attached hydrogen (secondary N) is 1. The number of methoxy groups -OCH3 is 1. The molecule has 0 radical (unpaired) electrons. The van der Waals surface area contributed by atoms with Gasteiger partial charge in [0.25, 0.3) is 5.91 Å². The Balaban J connectivity index is 1.42. The summed E-state index contributed by atoms with van der Waals surface area (Å²) in [4.78, 5) is 24.9. The molecule has 6 nitrogen and oxygen atoms in total. The number of rotatable bonds is 7. The molecule has 3 aliphatic carbocycles. The Kier molecular flexibility index (Phi) is 6.49. The lowest BCUT2D eigenvalue weighted by atomic mass is 9.87. The van der Waals surface area contributed by atoms with Gasteiger partial charge in [-0.15, -0.1) is 0 Å². The maximum atomic E-state index is 14.6. The summed E-state index contributed by atoms with van der Waals surface area (Å²) in [6.07, 6.45) is 8.75. The number of allylic oxidation sites excluding steroid dienone is 1. The maximum absolute atomic E-state index is 14.6. The first-order valence-corrected chi connectivity index (χ1v) is 11.2. The second kappa shape index (κ2) is 9.28. The minimum Gasteiger partial charge on any atom is -0.496 e. The van der Waals surface area contributed by atoms with Crippen molar-refractivity contribution < 1.29 is 28.2 Å². The summed E-state index contributed by atoms with van der Waals surface area (Å²) in [6.45, 7) is 2.16. The molecule has 0 aliphatic heterocycles. The SMILES string of the molecule is CCOC(=O)[C@H]1CC[C@@H](Oc2cc(C(=O)N[C@H]3C[C@H]4C=C[C@H]3C4)c(OC)cc2F)CC1. The van der Waals surface area contributed by atoms with Crippen LogP contribution in [0.25, 0.3) is 0 Å². The molecule has 0 heterocycles. The van der Waals surface area contributed by atoms with Crippen molar-refractivity contribution >= 4 is 11.9 Å². The van der Waals surface area contributed by atoms with Crippen molar-refractivity contribution in [2.75, 3.05) is 13.7 Å². The molecule has 2 bridgehead atoms. The Morgan fingerprint density at radius 2 is 1.87 bits per heavy atom. The van der Waals surface area contributed by atoms with Crippen LogP contribution in [0.4, 0.5) is 4.39 Å². The van der Waals surface area contributed by atoms with Gasteiger partial charge in [-0.25, -0.2) is 4.39 Å². The molecule has 2 saturated carbocycles. The lowest BCUT2D eigenvalue weighted by Gasteiger charge is -2.28. The Labute approximate surface area is 182 Å². The topological polar surface area (TPSA) is 73.9 Å². The highest BCUT2D eigenvalue weighted by Crippen LogP contribution is 2.39. The number of hydrogen-bond donors (Lipinski definition) is 1. The lowest BCUT2D eigenvalue weighted by molar-refractivity contribution is -0.149. The number of carbonyl (C=O) groups is 2. The number of halogens is 1. The van der Waals surface area contributed by atoms with Crippen LogP contribution < -0.4 is 14.8 Å². The van der Waals surface area contributed by atoms with Gasteiger partial charge >= 0.3 is 5.97 Å². The fraction of sp³-hybridized carbons (Fsp3) is 0.583. The van der Waals surface area contributed by atoms with Crippen molar-refractivity contribution in [2.24, 2.45) is 17.8 Å². The molecule has 168 valence electrons. The smallest absolute Gasteiger partial charge is 0.308 e. The predicted molar refractivity (Wildman–Crippen MR) is 113 cm³/mol. The molecule has 0 saturated heterocycles. The number of fused-ring (bicyclic) bond motifs is 2. The number of amides is 1. The zero-order chi connectivity index (χ0) is 22.0. The van der Waals surface area contributed by atoms with Gasteiger partial charge in [0.05, 0.1) is 31.3 Å². The monoisotopic (exact) mass is 431 g/mol. The molecule has 7 heteroatoms. The van der Waals surface area contributed by atoms with Gasteiger partial charge < -0.3 is 19.5 Å². The Hall–Kier alpha value is -2.57. The van der Waals surface area contributed by atoms with Crippen molar-refractivity contribution in [3.8, 4) is 11.5 Å². The van der Waals surface area contributed by atoms with Crippen LogP contribution in [0.3, 0.4) is 0 Å². The second-order valence-corrected chi connectivity index (χ2v) is 8.69. The van der Waals surface area contributed by atoms with Gasteiger partial charge in [0.1, 0.15) is 5.75 Å². The van der Waals surface area contributed by atoms with Crippen LogP contribution in [-0.2, 0) is 9.53 Å².